The highest BCUT2D eigenvalue weighted by molar-refractivity contribution is 7.98. The first-order valence-electron chi connectivity index (χ1n) is 5.19. The first kappa shape index (κ1) is 10.1. The highest BCUT2D eigenvalue weighted by Crippen LogP contribution is 2.37. The monoisotopic (exact) mass is 207 g/mol. The van der Waals surface area contributed by atoms with E-state index >= 15 is 0 Å². The zero-order valence-electron chi connectivity index (χ0n) is 8.57. The van der Waals surface area contributed by atoms with E-state index in [2.05, 4.69) is 30.5 Å². The van der Waals surface area contributed by atoms with Gasteiger partial charge in [-0.25, -0.2) is 0 Å². The molecule has 1 aromatic carbocycles. The summed E-state index contributed by atoms with van der Waals surface area (Å²) in [6, 6.07) is 9.15. The van der Waals surface area contributed by atoms with Crippen LogP contribution in [-0.2, 0) is 0 Å². The van der Waals surface area contributed by atoms with Crippen LogP contribution in [0.4, 0.5) is 0 Å². The Labute approximate surface area is 90.1 Å². The Morgan fingerprint density at radius 2 is 2.07 bits per heavy atom. The van der Waals surface area contributed by atoms with Gasteiger partial charge in [-0.05, 0) is 43.1 Å². The second-order valence-corrected chi connectivity index (χ2v) is 4.86. The zero-order valence-corrected chi connectivity index (χ0v) is 9.39. The standard InChI is InChI=1S/C12H17NS/c1-14-12-5-3-2-4-11(12)9-6-7-10(13)8-9/h2-5,9-10H,6-8,13H2,1H3/t9-,10+/m0/s1. The van der Waals surface area contributed by atoms with Gasteiger partial charge in [0, 0.05) is 10.9 Å². The predicted molar refractivity (Wildman–Crippen MR) is 62.8 cm³/mol. The molecule has 0 unspecified atom stereocenters. The molecule has 0 heterocycles. The molecule has 1 aliphatic rings. The van der Waals surface area contributed by atoms with Crippen LogP contribution in [0.3, 0.4) is 0 Å². The second-order valence-electron chi connectivity index (χ2n) is 4.01. The Morgan fingerprint density at radius 1 is 1.29 bits per heavy atom. The molecule has 2 rings (SSSR count). The molecule has 0 saturated heterocycles. The molecule has 0 radical (unpaired) electrons. The van der Waals surface area contributed by atoms with Crippen LogP contribution in [0.2, 0.25) is 0 Å². The molecular weight excluding hydrogens is 190 g/mol. The van der Waals surface area contributed by atoms with Crippen LogP contribution < -0.4 is 5.73 Å². The molecular formula is C12H17NS. The van der Waals surface area contributed by atoms with Crippen LogP contribution in [0.1, 0.15) is 30.7 Å². The average molecular weight is 207 g/mol. The number of hydrogen-bond acceptors (Lipinski definition) is 2. The minimum atomic E-state index is 0.426. The molecule has 0 aliphatic heterocycles. The van der Waals surface area contributed by atoms with E-state index in [0.717, 1.165) is 6.42 Å². The van der Waals surface area contributed by atoms with Gasteiger partial charge in [0.15, 0.2) is 0 Å². The Bertz CT molecular complexity index is 311. The van der Waals surface area contributed by atoms with Crippen molar-refractivity contribution in [2.75, 3.05) is 6.26 Å². The fourth-order valence-electron chi connectivity index (χ4n) is 2.30. The lowest BCUT2D eigenvalue weighted by molar-refractivity contribution is 0.668. The first-order chi connectivity index (χ1) is 6.81. The van der Waals surface area contributed by atoms with Gasteiger partial charge in [-0.1, -0.05) is 18.2 Å². The molecule has 0 spiro atoms. The van der Waals surface area contributed by atoms with Crippen LogP contribution in [0.15, 0.2) is 29.2 Å². The van der Waals surface area contributed by atoms with Crippen LogP contribution in [0.5, 0.6) is 0 Å². The molecule has 1 saturated carbocycles. The van der Waals surface area contributed by atoms with Gasteiger partial charge in [-0.2, -0.15) is 0 Å². The van der Waals surface area contributed by atoms with Crippen molar-refractivity contribution >= 4 is 11.8 Å². The highest BCUT2D eigenvalue weighted by Gasteiger charge is 2.24. The van der Waals surface area contributed by atoms with Crippen molar-refractivity contribution in [3.63, 3.8) is 0 Å². The Kier molecular flexibility index (Phi) is 3.14. The molecule has 1 fully saturated rings. The van der Waals surface area contributed by atoms with E-state index in [9.17, 15) is 0 Å². The maximum Gasteiger partial charge on any atom is 0.0104 e. The van der Waals surface area contributed by atoms with Crippen molar-refractivity contribution in [3.8, 4) is 0 Å². The van der Waals surface area contributed by atoms with Gasteiger partial charge < -0.3 is 5.73 Å². The molecule has 0 aromatic heterocycles. The molecule has 0 bridgehead atoms. The molecule has 1 nitrogen and oxygen atoms in total. The Hall–Kier alpha value is -0.470. The summed E-state index contributed by atoms with van der Waals surface area (Å²) in [5.74, 6) is 0.702. The summed E-state index contributed by atoms with van der Waals surface area (Å²) >= 11 is 1.84. The third-order valence-corrected chi connectivity index (χ3v) is 3.86. The highest BCUT2D eigenvalue weighted by atomic mass is 32.2. The topological polar surface area (TPSA) is 26.0 Å². The third kappa shape index (κ3) is 1.96. The average Bonchev–Trinajstić information content (AvgIpc) is 2.65. The van der Waals surface area contributed by atoms with E-state index in [4.69, 9.17) is 5.73 Å². The Balaban J connectivity index is 2.22. The lowest BCUT2D eigenvalue weighted by Crippen LogP contribution is -2.14. The van der Waals surface area contributed by atoms with Crippen molar-refractivity contribution in [3.05, 3.63) is 29.8 Å². The largest absolute Gasteiger partial charge is 0.328 e. The molecule has 2 N–H and O–H groups in total. The molecule has 2 atom stereocenters. The van der Waals surface area contributed by atoms with Crippen molar-refractivity contribution in [1.82, 2.24) is 0 Å². The van der Waals surface area contributed by atoms with Gasteiger partial charge >= 0.3 is 0 Å². The van der Waals surface area contributed by atoms with E-state index in [1.54, 1.807) is 0 Å². The van der Waals surface area contributed by atoms with Crippen LogP contribution >= 0.6 is 11.8 Å². The van der Waals surface area contributed by atoms with Crippen molar-refractivity contribution in [2.45, 2.75) is 36.1 Å². The maximum atomic E-state index is 5.95. The van der Waals surface area contributed by atoms with Gasteiger partial charge in [-0.3, -0.25) is 0 Å². The summed E-state index contributed by atoms with van der Waals surface area (Å²) in [5, 5.41) is 0. The predicted octanol–water partition coefficient (Wildman–Crippen LogP) is 3.00. The molecule has 1 aromatic rings. The van der Waals surface area contributed by atoms with Gasteiger partial charge in [0.05, 0.1) is 0 Å². The van der Waals surface area contributed by atoms with Crippen LogP contribution in [-0.4, -0.2) is 12.3 Å². The zero-order chi connectivity index (χ0) is 9.97. The van der Waals surface area contributed by atoms with Crippen LogP contribution in [0, 0.1) is 0 Å². The van der Waals surface area contributed by atoms with Crippen LogP contribution in [0.25, 0.3) is 0 Å². The van der Waals surface area contributed by atoms with Gasteiger partial charge in [0.2, 0.25) is 0 Å². The van der Waals surface area contributed by atoms with Crippen molar-refractivity contribution in [1.29, 1.82) is 0 Å². The summed E-state index contributed by atoms with van der Waals surface area (Å²) < 4.78 is 0. The minimum Gasteiger partial charge on any atom is -0.328 e. The SMILES string of the molecule is CSc1ccccc1[C@H]1CC[C@@H](N)C1. The normalized spacial score (nSPS) is 26.7. The number of rotatable bonds is 2. The van der Waals surface area contributed by atoms with Gasteiger partial charge in [0.25, 0.3) is 0 Å². The summed E-state index contributed by atoms with van der Waals surface area (Å²) in [4.78, 5) is 1.42. The maximum absolute atomic E-state index is 5.95. The number of thioether (sulfide) groups is 1. The molecule has 1 aliphatic carbocycles. The summed E-state index contributed by atoms with van der Waals surface area (Å²) in [7, 11) is 0. The summed E-state index contributed by atoms with van der Waals surface area (Å²) in [6.45, 7) is 0. The minimum absolute atomic E-state index is 0.426. The molecule has 76 valence electrons. The van der Waals surface area contributed by atoms with E-state index in [0.29, 0.717) is 12.0 Å². The first-order valence-corrected chi connectivity index (χ1v) is 6.42. The number of benzene rings is 1. The van der Waals surface area contributed by atoms with E-state index < -0.39 is 0 Å². The molecule has 2 heteroatoms. The lowest BCUT2D eigenvalue weighted by Gasteiger charge is -2.13. The molecule has 14 heavy (non-hydrogen) atoms. The van der Waals surface area contributed by atoms with Crippen molar-refractivity contribution < 1.29 is 0 Å². The smallest absolute Gasteiger partial charge is 0.0104 e. The van der Waals surface area contributed by atoms with E-state index in [1.807, 2.05) is 11.8 Å². The summed E-state index contributed by atoms with van der Waals surface area (Å²) in [6.07, 6.45) is 5.76. The third-order valence-electron chi connectivity index (χ3n) is 3.05. The quantitative estimate of drug-likeness (QED) is 0.754. The molecule has 0 amide bonds. The Morgan fingerprint density at radius 3 is 2.71 bits per heavy atom. The van der Waals surface area contributed by atoms with Crippen molar-refractivity contribution in [2.24, 2.45) is 5.73 Å². The fraction of sp³-hybridized carbons (Fsp3) is 0.500. The lowest BCUT2D eigenvalue weighted by atomic mass is 9.97. The number of hydrogen-bond donors (Lipinski definition) is 1. The van der Waals surface area contributed by atoms with E-state index in [-0.39, 0.29) is 0 Å². The second kappa shape index (κ2) is 4.37. The number of nitrogens with two attached hydrogens (primary N) is 1. The summed E-state index contributed by atoms with van der Waals surface area (Å²) in [5.41, 5.74) is 7.45. The fourth-order valence-corrected chi connectivity index (χ4v) is 2.99. The van der Waals surface area contributed by atoms with E-state index in [1.165, 1.54) is 23.3 Å². The van der Waals surface area contributed by atoms with Gasteiger partial charge in [-0.15, -0.1) is 11.8 Å². The van der Waals surface area contributed by atoms with Gasteiger partial charge in [0.1, 0.15) is 0 Å².